The quantitative estimate of drug-likeness (QED) is 0.520. The smallest absolute Gasteiger partial charge is 0.334 e. The highest BCUT2D eigenvalue weighted by molar-refractivity contribution is 5.61. The summed E-state index contributed by atoms with van der Waals surface area (Å²) >= 11 is 0. The Balaban J connectivity index is 2.32. The van der Waals surface area contributed by atoms with E-state index < -0.39 is 0 Å². The molecule has 0 saturated heterocycles. The Morgan fingerprint density at radius 1 is 1.33 bits per heavy atom. The zero-order chi connectivity index (χ0) is 15.6. The van der Waals surface area contributed by atoms with Gasteiger partial charge in [0.2, 0.25) is 5.82 Å². The zero-order valence-corrected chi connectivity index (χ0v) is 13.4. The molecular formula is C15H26N4O2. The second kappa shape index (κ2) is 6.45. The molecule has 1 fully saturated rings. The fourth-order valence-corrected chi connectivity index (χ4v) is 3.15. The highest BCUT2D eigenvalue weighted by Gasteiger charge is 2.31. The Morgan fingerprint density at radius 3 is 2.62 bits per heavy atom. The fourth-order valence-electron chi connectivity index (χ4n) is 3.15. The predicted octanol–water partition coefficient (Wildman–Crippen LogP) is 3.83. The van der Waals surface area contributed by atoms with Gasteiger partial charge in [0.25, 0.3) is 0 Å². The summed E-state index contributed by atoms with van der Waals surface area (Å²) in [5.74, 6) is 1.13. The lowest BCUT2D eigenvalue weighted by atomic mass is 9.97. The summed E-state index contributed by atoms with van der Waals surface area (Å²) in [6.07, 6.45) is 5.95. The van der Waals surface area contributed by atoms with Gasteiger partial charge < -0.3 is 5.32 Å². The van der Waals surface area contributed by atoms with Gasteiger partial charge in [0.15, 0.2) is 0 Å². The van der Waals surface area contributed by atoms with Gasteiger partial charge in [-0.25, -0.2) is 4.68 Å². The van der Waals surface area contributed by atoms with Crippen LogP contribution in [0.3, 0.4) is 0 Å². The maximum atomic E-state index is 11.5. The largest absolute Gasteiger partial charge is 0.362 e. The van der Waals surface area contributed by atoms with Crippen LogP contribution in [0.1, 0.15) is 64.5 Å². The molecule has 6 nitrogen and oxygen atoms in total. The van der Waals surface area contributed by atoms with Gasteiger partial charge in [-0.15, -0.1) is 0 Å². The molecule has 0 amide bonds. The van der Waals surface area contributed by atoms with Crippen molar-refractivity contribution in [1.82, 2.24) is 9.78 Å². The normalized spacial score (nSPS) is 23.1. The molecule has 2 rings (SSSR count). The van der Waals surface area contributed by atoms with Crippen molar-refractivity contribution in [2.75, 3.05) is 5.32 Å². The lowest BCUT2D eigenvalue weighted by Gasteiger charge is -2.23. The summed E-state index contributed by atoms with van der Waals surface area (Å²) in [6, 6.07) is 0.293. The summed E-state index contributed by atoms with van der Waals surface area (Å²) in [6.45, 7) is 6.11. The van der Waals surface area contributed by atoms with E-state index in [0.29, 0.717) is 23.5 Å². The van der Waals surface area contributed by atoms with Gasteiger partial charge >= 0.3 is 5.69 Å². The molecule has 1 aliphatic carbocycles. The standard InChI is InChI=1S/C15H26N4O2/c1-10(2)13-14(19(20)21)15(18(4)17-13)16-12-9-7-5-6-8-11(12)3/h10-12,16H,5-9H2,1-4H3. The first-order chi connectivity index (χ1) is 9.91. The molecule has 2 unspecified atom stereocenters. The number of hydrogen-bond donors (Lipinski definition) is 1. The van der Waals surface area contributed by atoms with Crippen molar-refractivity contribution in [3.8, 4) is 0 Å². The summed E-state index contributed by atoms with van der Waals surface area (Å²) in [5.41, 5.74) is 0.704. The number of nitro groups is 1. The molecule has 0 aliphatic heterocycles. The number of nitrogens with one attached hydrogen (secondary N) is 1. The minimum absolute atomic E-state index is 0.0405. The van der Waals surface area contributed by atoms with Crippen LogP contribution in [0.25, 0.3) is 0 Å². The molecule has 0 spiro atoms. The SMILES string of the molecule is CC(C)c1nn(C)c(NC2CCCCCC2C)c1[N+](=O)[O-]. The first kappa shape index (κ1) is 15.8. The molecule has 0 aromatic carbocycles. The van der Waals surface area contributed by atoms with Crippen molar-refractivity contribution < 1.29 is 4.92 Å². The van der Waals surface area contributed by atoms with Gasteiger partial charge in [0.1, 0.15) is 5.69 Å². The van der Waals surface area contributed by atoms with Crippen LogP contribution in [0, 0.1) is 16.0 Å². The summed E-state index contributed by atoms with van der Waals surface area (Å²) < 4.78 is 1.63. The number of nitrogens with zero attached hydrogens (tertiary/aromatic N) is 3. The third-order valence-electron chi connectivity index (χ3n) is 4.46. The fraction of sp³-hybridized carbons (Fsp3) is 0.800. The van der Waals surface area contributed by atoms with E-state index >= 15 is 0 Å². The maximum absolute atomic E-state index is 11.5. The van der Waals surface area contributed by atoms with Crippen molar-refractivity contribution in [3.05, 3.63) is 15.8 Å². The van der Waals surface area contributed by atoms with Gasteiger partial charge in [-0.3, -0.25) is 10.1 Å². The Labute approximate surface area is 126 Å². The van der Waals surface area contributed by atoms with Crippen LogP contribution in [-0.2, 0) is 7.05 Å². The lowest BCUT2D eigenvalue weighted by Crippen LogP contribution is -2.27. The minimum atomic E-state index is -0.300. The van der Waals surface area contributed by atoms with Gasteiger partial charge in [-0.05, 0) is 18.8 Å². The molecule has 2 atom stereocenters. The Kier molecular flexibility index (Phi) is 4.85. The molecule has 118 valence electrons. The van der Waals surface area contributed by atoms with Gasteiger partial charge in [0.05, 0.1) is 4.92 Å². The van der Waals surface area contributed by atoms with E-state index in [1.807, 2.05) is 13.8 Å². The Morgan fingerprint density at radius 2 is 2.00 bits per heavy atom. The number of aromatic nitrogens is 2. The number of rotatable bonds is 4. The third-order valence-corrected chi connectivity index (χ3v) is 4.46. The zero-order valence-electron chi connectivity index (χ0n) is 13.4. The summed E-state index contributed by atoms with van der Waals surface area (Å²) in [4.78, 5) is 11.2. The van der Waals surface area contributed by atoms with Gasteiger partial charge in [0, 0.05) is 19.0 Å². The maximum Gasteiger partial charge on any atom is 0.334 e. The monoisotopic (exact) mass is 294 g/mol. The van der Waals surface area contributed by atoms with E-state index in [4.69, 9.17) is 0 Å². The first-order valence-corrected chi connectivity index (χ1v) is 7.89. The average molecular weight is 294 g/mol. The predicted molar refractivity (Wildman–Crippen MR) is 83.6 cm³/mol. The van der Waals surface area contributed by atoms with Crippen LogP contribution < -0.4 is 5.32 Å². The van der Waals surface area contributed by atoms with E-state index in [2.05, 4.69) is 17.3 Å². The van der Waals surface area contributed by atoms with Crippen molar-refractivity contribution in [2.45, 2.75) is 64.8 Å². The second-order valence-corrected chi connectivity index (χ2v) is 6.48. The average Bonchev–Trinajstić information content (AvgIpc) is 2.60. The third kappa shape index (κ3) is 3.36. The summed E-state index contributed by atoms with van der Waals surface area (Å²) in [7, 11) is 1.78. The molecule has 1 aliphatic rings. The first-order valence-electron chi connectivity index (χ1n) is 7.89. The lowest BCUT2D eigenvalue weighted by molar-refractivity contribution is -0.384. The van der Waals surface area contributed by atoms with E-state index in [0.717, 1.165) is 6.42 Å². The molecule has 0 radical (unpaired) electrons. The van der Waals surface area contributed by atoms with Crippen LogP contribution in [0.4, 0.5) is 11.5 Å². The van der Waals surface area contributed by atoms with Crippen LogP contribution >= 0.6 is 0 Å². The number of hydrogen-bond acceptors (Lipinski definition) is 4. The second-order valence-electron chi connectivity index (χ2n) is 6.48. The molecule has 21 heavy (non-hydrogen) atoms. The topological polar surface area (TPSA) is 73.0 Å². The van der Waals surface area contributed by atoms with Crippen molar-refractivity contribution >= 4 is 11.5 Å². The molecule has 1 N–H and O–H groups in total. The number of aryl methyl sites for hydroxylation is 1. The molecule has 1 heterocycles. The van der Waals surface area contributed by atoms with Gasteiger partial charge in [-0.1, -0.05) is 40.0 Å². The van der Waals surface area contributed by atoms with Crippen molar-refractivity contribution in [1.29, 1.82) is 0 Å². The van der Waals surface area contributed by atoms with Crippen molar-refractivity contribution in [2.24, 2.45) is 13.0 Å². The molecule has 1 saturated carbocycles. The van der Waals surface area contributed by atoms with E-state index in [1.54, 1.807) is 11.7 Å². The molecule has 1 aromatic heterocycles. The minimum Gasteiger partial charge on any atom is -0.362 e. The van der Waals surface area contributed by atoms with Crippen LogP contribution in [0.5, 0.6) is 0 Å². The van der Waals surface area contributed by atoms with E-state index in [1.165, 1.54) is 25.7 Å². The van der Waals surface area contributed by atoms with Gasteiger partial charge in [-0.2, -0.15) is 5.10 Å². The summed E-state index contributed by atoms with van der Waals surface area (Å²) in [5, 5.41) is 19.2. The molecular weight excluding hydrogens is 268 g/mol. The van der Waals surface area contributed by atoms with E-state index in [9.17, 15) is 10.1 Å². The van der Waals surface area contributed by atoms with Crippen LogP contribution in [0.15, 0.2) is 0 Å². The highest BCUT2D eigenvalue weighted by atomic mass is 16.6. The Hall–Kier alpha value is -1.59. The molecule has 6 heteroatoms. The number of anilines is 1. The Bertz CT molecular complexity index is 510. The highest BCUT2D eigenvalue weighted by Crippen LogP contribution is 2.35. The van der Waals surface area contributed by atoms with E-state index in [-0.39, 0.29) is 16.5 Å². The van der Waals surface area contributed by atoms with Crippen molar-refractivity contribution in [3.63, 3.8) is 0 Å². The molecule has 1 aromatic rings. The van der Waals surface area contributed by atoms with Crippen LogP contribution in [0.2, 0.25) is 0 Å². The molecule has 0 bridgehead atoms. The van der Waals surface area contributed by atoms with Crippen LogP contribution in [-0.4, -0.2) is 20.7 Å².